The summed E-state index contributed by atoms with van der Waals surface area (Å²) in [7, 11) is 0. The Bertz CT molecular complexity index is 1130. The van der Waals surface area contributed by atoms with Gasteiger partial charge in [-0.25, -0.2) is 14.6 Å². The number of carbonyl (C=O) groups is 2. The van der Waals surface area contributed by atoms with Gasteiger partial charge in [0.05, 0.1) is 17.4 Å². The number of anilines is 1. The molecule has 1 amide bonds. The highest BCUT2D eigenvalue weighted by atomic mass is 16.6. The molecule has 2 N–H and O–H groups in total. The normalized spacial score (nSPS) is 11.3. The number of nitrogens with one attached hydrogen (secondary N) is 1. The highest BCUT2D eigenvalue weighted by molar-refractivity contribution is 6.01. The van der Waals surface area contributed by atoms with Gasteiger partial charge < -0.3 is 14.4 Å². The van der Waals surface area contributed by atoms with Gasteiger partial charge in [0.25, 0.3) is 5.56 Å². The molecule has 1 aromatic carbocycles. The third-order valence-corrected chi connectivity index (χ3v) is 4.00. The minimum atomic E-state index is -1.32. The molecule has 2 heterocycles. The molecule has 0 radical (unpaired) electrons. The lowest BCUT2D eigenvalue weighted by atomic mass is 10.1. The quantitative estimate of drug-likeness (QED) is 0.700. The number of carbonyl (C=O) groups excluding carboxylic acids is 1. The Hall–Kier alpha value is -3.68. The number of aromatic nitrogens is 2. The molecule has 0 atom stereocenters. The van der Waals surface area contributed by atoms with Crippen molar-refractivity contribution in [1.82, 2.24) is 9.55 Å². The number of amides is 1. The number of ether oxygens (including phenoxy) is 1. The van der Waals surface area contributed by atoms with Crippen LogP contribution in [0.5, 0.6) is 0 Å². The minimum absolute atomic E-state index is 0.149. The molecule has 0 spiro atoms. The van der Waals surface area contributed by atoms with Crippen molar-refractivity contribution in [2.45, 2.75) is 32.9 Å². The third kappa shape index (κ3) is 4.78. The molecule has 0 unspecified atom stereocenters. The SMILES string of the molecule is CC(C)(C)OC(=O)Nc1nc2ccn(Cc3ccccc3)c(=O)c2cc1C(=O)O. The van der Waals surface area contributed by atoms with Crippen LogP contribution >= 0.6 is 0 Å². The van der Waals surface area contributed by atoms with E-state index >= 15 is 0 Å². The first-order chi connectivity index (χ1) is 13.6. The molecule has 3 rings (SSSR count). The zero-order chi connectivity index (χ0) is 21.2. The summed E-state index contributed by atoms with van der Waals surface area (Å²) >= 11 is 0. The van der Waals surface area contributed by atoms with Crippen LogP contribution in [0.15, 0.2) is 53.5 Å². The summed E-state index contributed by atoms with van der Waals surface area (Å²) in [6, 6.07) is 12.2. The molecule has 8 nitrogen and oxygen atoms in total. The Kier molecular flexibility index (Phi) is 5.36. The Labute approximate surface area is 166 Å². The van der Waals surface area contributed by atoms with E-state index in [2.05, 4.69) is 10.3 Å². The summed E-state index contributed by atoms with van der Waals surface area (Å²) in [5.74, 6) is -1.50. The van der Waals surface area contributed by atoms with Crippen molar-refractivity contribution >= 4 is 28.8 Å². The second-order valence-electron chi connectivity index (χ2n) is 7.48. The third-order valence-electron chi connectivity index (χ3n) is 4.00. The zero-order valence-corrected chi connectivity index (χ0v) is 16.3. The number of benzene rings is 1. The van der Waals surface area contributed by atoms with E-state index in [0.29, 0.717) is 6.54 Å². The van der Waals surface area contributed by atoms with E-state index in [0.717, 1.165) is 5.56 Å². The molecule has 3 aromatic rings. The predicted molar refractivity (Wildman–Crippen MR) is 108 cm³/mol. The zero-order valence-electron chi connectivity index (χ0n) is 16.3. The van der Waals surface area contributed by atoms with Gasteiger partial charge in [-0.2, -0.15) is 0 Å². The first kappa shape index (κ1) is 20.1. The Balaban J connectivity index is 2.02. The van der Waals surface area contributed by atoms with E-state index in [1.54, 1.807) is 33.0 Å². The van der Waals surface area contributed by atoms with E-state index in [4.69, 9.17) is 4.74 Å². The van der Waals surface area contributed by atoms with E-state index in [1.165, 1.54) is 10.6 Å². The van der Waals surface area contributed by atoms with E-state index in [1.807, 2.05) is 30.3 Å². The smallest absolute Gasteiger partial charge is 0.413 e. The number of hydrogen-bond acceptors (Lipinski definition) is 5. The van der Waals surface area contributed by atoms with Gasteiger partial charge in [0, 0.05) is 6.20 Å². The molecule has 150 valence electrons. The first-order valence-electron chi connectivity index (χ1n) is 8.95. The maximum atomic E-state index is 12.8. The maximum Gasteiger partial charge on any atom is 0.413 e. The van der Waals surface area contributed by atoms with Gasteiger partial charge in [0.2, 0.25) is 0 Å². The highest BCUT2D eigenvalue weighted by Gasteiger charge is 2.21. The molecule has 8 heteroatoms. The molecule has 29 heavy (non-hydrogen) atoms. The fourth-order valence-electron chi connectivity index (χ4n) is 2.77. The number of pyridine rings is 2. The first-order valence-corrected chi connectivity index (χ1v) is 8.95. The van der Waals surface area contributed by atoms with Crippen LogP contribution in [0.3, 0.4) is 0 Å². The Morgan fingerprint density at radius 2 is 1.86 bits per heavy atom. The van der Waals surface area contributed by atoms with Crippen molar-refractivity contribution in [3.8, 4) is 0 Å². The van der Waals surface area contributed by atoms with Crippen LogP contribution in [-0.4, -0.2) is 32.3 Å². The lowest BCUT2D eigenvalue weighted by Gasteiger charge is -2.20. The van der Waals surface area contributed by atoms with Gasteiger partial charge in [0.15, 0.2) is 5.82 Å². The van der Waals surface area contributed by atoms with Gasteiger partial charge in [-0.15, -0.1) is 0 Å². The van der Waals surface area contributed by atoms with Gasteiger partial charge >= 0.3 is 12.1 Å². The van der Waals surface area contributed by atoms with Crippen LogP contribution in [0.25, 0.3) is 10.9 Å². The largest absolute Gasteiger partial charge is 0.478 e. The van der Waals surface area contributed by atoms with Crippen LogP contribution in [0, 0.1) is 0 Å². The standard InChI is InChI=1S/C21H21N3O5/c1-21(2,3)29-20(28)23-17-15(19(26)27)11-14-16(22-17)9-10-24(18(14)25)12-13-7-5-4-6-8-13/h4-11H,12H2,1-3H3,(H,26,27)(H,22,23,28). The van der Waals surface area contributed by atoms with E-state index < -0.39 is 17.7 Å². The van der Waals surface area contributed by atoms with Crippen LogP contribution in [0.1, 0.15) is 36.7 Å². The summed E-state index contributed by atoms with van der Waals surface area (Å²) in [6.07, 6.45) is 0.756. The summed E-state index contributed by atoms with van der Waals surface area (Å²) in [5, 5.41) is 12.0. The maximum absolute atomic E-state index is 12.8. The van der Waals surface area contributed by atoms with Crippen LogP contribution < -0.4 is 10.9 Å². The van der Waals surface area contributed by atoms with Crippen molar-refractivity contribution in [1.29, 1.82) is 0 Å². The summed E-state index contributed by atoms with van der Waals surface area (Å²) in [4.78, 5) is 40.7. The molecule has 0 aliphatic heterocycles. The predicted octanol–water partition coefficient (Wildman–Crippen LogP) is 3.49. The van der Waals surface area contributed by atoms with Crippen LogP contribution in [0.2, 0.25) is 0 Å². The Morgan fingerprint density at radius 3 is 2.48 bits per heavy atom. The number of aromatic carboxylic acids is 1. The molecule has 0 bridgehead atoms. The van der Waals surface area contributed by atoms with Gasteiger partial charge in [-0.1, -0.05) is 30.3 Å². The molecule has 0 saturated carbocycles. The number of rotatable bonds is 4. The lowest BCUT2D eigenvalue weighted by molar-refractivity contribution is 0.0635. The fraction of sp³-hybridized carbons (Fsp3) is 0.238. The van der Waals surface area contributed by atoms with E-state index in [9.17, 15) is 19.5 Å². The second kappa shape index (κ2) is 7.75. The number of nitrogens with zero attached hydrogens (tertiary/aromatic N) is 2. The van der Waals surface area contributed by atoms with Crippen molar-refractivity contribution < 1.29 is 19.4 Å². The molecular weight excluding hydrogens is 374 g/mol. The Morgan fingerprint density at radius 1 is 1.17 bits per heavy atom. The van der Waals surface area contributed by atoms with Crippen molar-refractivity contribution in [2.75, 3.05) is 5.32 Å². The van der Waals surface area contributed by atoms with E-state index in [-0.39, 0.29) is 27.8 Å². The number of carboxylic acid groups (broad SMARTS) is 1. The topological polar surface area (TPSA) is 111 Å². The second-order valence-corrected chi connectivity index (χ2v) is 7.48. The number of carboxylic acids is 1. The molecule has 0 aliphatic rings. The average Bonchev–Trinajstić information content (AvgIpc) is 2.63. The minimum Gasteiger partial charge on any atom is -0.478 e. The highest BCUT2D eigenvalue weighted by Crippen LogP contribution is 2.20. The average molecular weight is 395 g/mol. The summed E-state index contributed by atoms with van der Waals surface area (Å²) < 4.78 is 6.63. The van der Waals surface area contributed by atoms with Crippen LogP contribution in [0.4, 0.5) is 10.6 Å². The molecule has 2 aromatic heterocycles. The molecule has 0 fully saturated rings. The van der Waals surface area contributed by atoms with Crippen molar-refractivity contribution in [3.63, 3.8) is 0 Å². The number of fused-ring (bicyclic) bond motifs is 1. The molecule has 0 saturated heterocycles. The van der Waals surface area contributed by atoms with Crippen LogP contribution in [-0.2, 0) is 11.3 Å². The summed E-state index contributed by atoms with van der Waals surface area (Å²) in [5.41, 5.74) is -0.211. The molecule has 0 aliphatic carbocycles. The van der Waals surface area contributed by atoms with Gasteiger partial charge in [-0.05, 0) is 38.5 Å². The molecular formula is C21H21N3O5. The van der Waals surface area contributed by atoms with Gasteiger partial charge in [-0.3, -0.25) is 10.1 Å². The van der Waals surface area contributed by atoms with Gasteiger partial charge in [0.1, 0.15) is 11.2 Å². The lowest BCUT2D eigenvalue weighted by Crippen LogP contribution is -2.28. The summed E-state index contributed by atoms with van der Waals surface area (Å²) in [6.45, 7) is 5.41. The monoisotopic (exact) mass is 395 g/mol. The fourth-order valence-corrected chi connectivity index (χ4v) is 2.77. The van der Waals surface area contributed by atoms with Crippen molar-refractivity contribution in [3.05, 3.63) is 70.1 Å². The van der Waals surface area contributed by atoms with Crippen molar-refractivity contribution in [2.24, 2.45) is 0 Å². The number of hydrogen-bond donors (Lipinski definition) is 2.